The first-order valence-corrected chi connectivity index (χ1v) is 10.7. The number of aromatic amines is 1. The number of fused-ring (bicyclic) bond motifs is 1. The zero-order chi connectivity index (χ0) is 19.8. The van der Waals surface area contributed by atoms with E-state index in [9.17, 15) is 0 Å². The maximum Gasteiger partial charge on any atom is 0.0880 e. The van der Waals surface area contributed by atoms with E-state index in [1.165, 1.54) is 16.8 Å². The van der Waals surface area contributed by atoms with Crippen LogP contribution in [0.1, 0.15) is 56.1 Å². The molecule has 152 valence electrons. The van der Waals surface area contributed by atoms with Gasteiger partial charge in [0.15, 0.2) is 0 Å². The molecule has 1 unspecified atom stereocenters. The monoisotopic (exact) mass is 382 g/mol. The van der Waals surface area contributed by atoms with Crippen LogP contribution in [0, 0.1) is 11.3 Å². The molecule has 1 saturated heterocycles. The van der Waals surface area contributed by atoms with Gasteiger partial charge in [-0.05, 0) is 48.7 Å². The van der Waals surface area contributed by atoms with Crippen LogP contribution in [0.25, 0.3) is 6.08 Å². The first-order valence-electron chi connectivity index (χ1n) is 10.7. The van der Waals surface area contributed by atoms with Crippen molar-refractivity contribution in [2.24, 2.45) is 11.3 Å². The van der Waals surface area contributed by atoms with Crippen molar-refractivity contribution in [2.45, 2.75) is 53.1 Å². The molecule has 1 aromatic carbocycles. The fraction of sp³-hybridized carbons (Fsp3) is 0.542. The minimum Gasteiger partial charge on any atom is -0.381 e. The minimum atomic E-state index is 0.275. The Labute approximate surface area is 169 Å². The molecular weight excluding hydrogens is 348 g/mol. The lowest BCUT2D eigenvalue weighted by Gasteiger charge is -2.36. The summed E-state index contributed by atoms with van der Waals surface area (Å²) in [5.41, 5.74) is 5.31. The number of nitrogens with zero attached hydrogens (tertiary/aromatic N) is 1. The zero-order valence-electron chi connectivity index (χ0n) is 17.5. The van der Waals surface area contributed by atoms with E-state index in [1.807, 2.05) is 19.9 Å². The number of rotatable bonds is 6. The van der Waals surface area contributed by atoms with Gasteiger partial charge in [0, 0.05) is 31.1 Å². The largest absolute Gasteiger partial charge is 0.381 e. The maximum atomic E-state index is 5.92. The number of hydrogen-bond acceptors (Lipinski definition) is 3. The van der Waals surface area contributed by atoms with Crippen LogP contribution in [0.5, 0.6) is 0 Å². The van der Waals surface area contributed by atoms with Crippen molar-refractivity contribution in [1.82, 2.24) is 10.2 Å². The van der Waals surface area contributed by atoms with Gasteiger partial charge in [0.25, 0.3) is 0 Å². The molecule has 4 heteroatoms. The van der Waals surface area contributed by atoms with Crippen LogP contribution in [0.2, 0.25) is 0 Å². The summed E-state index contributed by atoms with van der Waals surface area (Å²) in [4.78, 5) is 0. The van der Waals surface area contributed by atoms with Crippen LogP contribution in [0.15, 0.2) is 36.4 Å². The molecule has 1 aliphatic carbocycles. The van der Waals surface area contributed by atoms with E-state index in [-0.39, 0.29) is 5.41 Å². The lowest BCUT2D eigenvalue weighted by molar-refractivity contribution is 0.0371. The maximum absolute atomic E-state index is 5.92. The summed E-state index contributed by atoms with van der Waals surface area (Å²) < 4.78 is 11.5. The highest BCUT2D eigenvalue weighted by atomic mass is 16.5. The van der Waals surface area contributed by atoms with Crippen LogP contribution in [-0.4, -0.2) is 30.0 Å². The predicted octanol–water partition coefficient (Wildman–Crippen LogP) is 5.20. The molecule has 0 radical (unpaired) electrons. The van der Waals surface area contributed by atoms with Gasteiger partial charge in [-0.25, -0.2) is 0 Å². The van der Waals surface area contributed by atoms with Gasteiger partial charge in [-0.1, -0.05) is 57.2 Å². The third-order valence-corrected chi connectivity index (χ3v) is 5.66. The third-order valence-electron chi connectivity index (χ3n) is 5.66. The van der Waals surface area contributed by atoms with Crippen molar-refractivity contribution >= 4 is 6.08 Å². The fourth-order valence-corrected chi connectivity index (χ4v) is 4.07. The van der Waals surface area contributed by atoms with Crippen molar-refractivity contribution < 1.29 is 9.47 Å². The molecule has 28 heavy (non-hydrogen) atoms. The van der Waals surface area contributed by atoms with Gasteiger partial charge in [0.05, 0.1) is 12.3 Å². The fourth-order valence-electron chi connectivity index (χ4n) is 4.07. The first-order chi connectivity index (χ1) is 13.7. The number of benzene rings is 1. The number of nitrogens with one attached hydrogen (secondary N) is 1. The molecule has 2 heterocycles. The van der Waals surface area contributed by atoms with Crippen molar-refractivity contribution in [3.8, 4) is 0 Å². The van der Waals surface area contributed by atoms with Crippen LogP contribution in [0.4, 0.5) is 0 Å². The summed E-state index contributed by atoms with van der Waals surface area (Å²) in [6.07, 6.45) is 8.88. The molecule has 0 bridgehead atoms. The van der Waals surface area contributed by atoms with E-state index >= 15 is 0 Å². The Kier molecular flexibility index (Phi) is 7.46. The Morgan fingerprint density at radius 3 is 2.68 bits per heavy atom. The van der Waals surface area contributed by atoms with Gasteiger partial charge in [0.1, 0.15) is 0 Å². The number of aromatic nitrogens is 2. The average molecular weight is 383 g/mol. The molecule has 0 saturated carbocycles. The van der Waals surface area contributed by atoms with Gasteiger partial charge >= 0.3 is 0 Å². The van der Waals surface area contributed by atoms with E-state index < -0.39 is 0 Å². The van der Waals surface area contributed by atoms with E-state index in [1.54, 1.807) is 0 Å². The molecule has 4 rings (SSSR count). The van der Waals surface area contributed by atoms with Gasteiger partial charge in [-0.15, -0.1) is 0 Å². The SMILES string of the molecule is CC.CC(COCc1ccccc1)Cc1[nH]nc2c1CC1(C=C2)CCOCC1. The Morgan fingerprint density at radius 2 is 1.93 bits per heavy atom. The Morgan fingerprint density at radius 1 is 1.18 bits per heavy atom. The molecule has 1 spiro atoms. The lowest BCUT2D eigenvalue weighted by atomic mass is 9.72. The first kappa shape index (κ1) is 20.8. The highest BCUT2D eigenvalue weighted by Gasteiger charge is 2.35. The molecule has 4 nitrogen and oxygen atoms in total. The highest BCUT2D eigenvalue weighted by Crippen LogP contribution is 2.41. The third kappa shape index (κ3) is 5.12. The van der Waals surface area contributed by atoms with E-state index in [0.29, 0.717) is 12.5 Å². The Balaban J connectivity index is 0.00000109. The smallest absolute Gasteiger partial charge is 0.0880 e. The second-order valence-electron chi connectivity index (χ2n) is 7.86. The topological polar surface area (TPSA) is 47.1 Å². The molecule has 1 aliphatic heterocycles. The van der Waals surface area contributed by atoms with Crippen LogP contribution in [-0.2, 0) is 28.9 Å². The number of H-pyrrole nitrogens is 1. The minimum absolute atomic E-state index is 0.275. The number of allylic oxidation sites excluding steroid dienone is 1. The lowest BCUT2D eigenvalue weighted by Crippen LogP contribution is -2.31. The summed E-state index contributed by atoms with van der Waals surface area (Å²) in [5.74, 6) is 0.458. The van der Waals surface area contributed by atoms with E-state index in [4.69, 9.17) is 9.47 Å². The molecule has 1 fully saturated rings. The molecule has 1 N–H and O–H groups in total. The second-order valence-corrected chi connectivity index (χ2v) is 7.86. The van der Waals surface area contributed by atoms with E-state index in [2.05, 4.69) is 53.5 Å². The summed E-state index contributed by atoms with van der Waals surface area (Å²) in [5, 5.41) is 7.82. The van der Waals surface area contributed by atoms with Gasteiger partial charge < -0.3 is 9.47 Å². The molecule has 1 aromatic heterocycles. The van der Waals surface area contributed by atoms with Crippen molar-refractivity contribution in [2.75, 3.05) is 19.8 Å². The van der Waals surface area contributed by atoms with Crippen LogP contribution in [0.3, 0.4) is 0 Å². The number of hydrogen-bond donors (Lipinski definition) is 1. The molecule has 1 atom stereocenters. The predicted molar refractivity (Wildman–Crippen MR) is 114 cm³/mol. The van der Waals surface area contributed by atoms with Crippen molar-refractivity contribution in [3.05, 3.63) is 58.9 Å². The Hall–Kier alpha value is -1.91. The van der Waals surface area contributed by atoms with Crippen molar-refractivity contribution in [3.63, 3.8) is 0 Å². The second kappa shape index (κ2) is 10.0. The van der Waals surface area contributed by atoms with Crippen molar-refractivity contribution in [1.29, 1.82) is 0 Å². The number of ether oxygens (including phenoxy) is 2. The summed E-state index contributed by atoms with van der Waals surface area (Å²) >= 11 is 0. The molecule has 2 aromatic rings. The quantitative estimate of drug-likeness (QED) is 0.747. The van der Waals surface area contributed by atoms with Crippen LogP contribution < -0.4 is 0 Å². The van der Waals surface area contributed by atoms with Gasteiger partial charge in [-0.2, -0.15) is 5.10 Å². The van der Waals surface area contributed by atoms with E-state index in [0.717, 1.165) is 51.2 Å². The summed E-state index contributed by atoms with van der Waals surface area (Å²) in [6, 6.07) is 10.4. The van der Waals surface area contributed by atoms with Gasteiger partial charge in [-0.3, -0.25) is 5.10 Å². The standard InChI is InChI=1S/C22H28N2O2.C2H6/c1-17(15-26-16-18-5-3-2-4-6-18)13-21-19-14-22(9-11-25-12-10-22)8-7-20(19)23-24-21;1-2/h2-8,17H,9-16H2,1H3,(H,23,24);1-2H3. The molecular formula is C24H34N2O2. The summed E-state index contributed by atoms with van der Waals surface area (Å²) in [7, 11) is 0. The zero-order valence-corrected chi connectivity index (χ0v) is 17.5. The normalized spacial score (nSPS) is 18.2. The average Bonchev–Trinajstić information content (AvgIpc) is 3.12. The van der Waals surface area contributed by atoms with Crippen LogP contribution >= 0.6 is 0 Å². The summed E-state index contributed by atoms with van der Waals surface area (Å²) in [6.45, 7) is 9.43. The highest BCUT2D eigenvalue weighted by molar-refractivity contribution is 5.55. The molecule has 0 amide bonds. The molecule has 2 aliphatic rings. The Bertz CT molecular complexity index is 745. The van der Waals surface area contributed by atoms with Gasteiger partial charge in [0.2, 0.25) is 0 Å².